The van der Waals surface area contributed by atoms with Crippen LogP contribution in [0.1, 0.15) is 84.0 Å². The first-order chi connectivity index (χ1) is 32.8. The van der Waals surface area contributed by atoms with Crippen molar-refractivity contribution in [2.24, 2.45) is 50.1 Å². The number of carboxylic acid groups (broad SMARTS) is 1. The molecule has 386 valence electrons. The average molecular weight is 977 g/mol. The molecule has 0 aliphatic carbocycles. The van der Waals surface area contributed by atoms with E-state index < -0.39 is 114 Å². The first-order valence-electron chi connectivity index (χ1n) is 22.6. The molecule has 27 heteroatoms. The second kappa shape index (κ2) is 33.0. The third-order valence-corrected chi connectivity index (χ3v) is 10.4. The lowest BCUT2D eigenvalue weighted by Gasteiger charge is -2.27. The Morgan fingerprint density at radius 2 is 1.48 bits per heavy atom. The lowest BCUT2D eigenvalue weighted by Crippen LogP contribution is -2.60. The van der Waals surface area contributed by atoms with Gasteiger partial charge in [0.15, 0.2) is 5.96 Å². The van der Waals surface area contributed by atoms with Crippen LogP contribution in [0, 0.1) is 12.3 Å². The quantitative estimate of drug-likeness (QED) is 0.00980. The Kier molecular flexibility index (Phi) is 28.9. The number of carbonyl (C=O) groups excluding carboxylic acids is 8. The molecule has 0 unspecified atom stereocenters. The molecule has 69 heavy (non-hydrogen) atoms. The van der Waals surface area contributed by atoms with Crippen molar-refractivity contribution in [1.82, 2.24) is 36.8 Å². The normalized spacial score (nSPS) is 16.3. The highest BCUT2D eigenvalue weighted by Crippen LogP contribution is 2.20. The molecule has 1 heterocycles. The SMILES string of the molecule is C#CC[C@H](NC(=O)[C@@H]1CCCN1C(=O)C(CCCN)=NC(=O)CNC(=O)[C@H](C)NC(=O)[C@@H](NC(=O)[C@@H](N)CCCCN)[C@@H](O)CN)C(=O)N[C@@H](CCCCN)C(=O)N/C(=C\CCN=C(N)N)C(=O)O. The first kappa shape index (κ1) is 60.4. The van der Waals surface area contributed by atoms with Crippen LogP contribution in [0.25, 0.3) is 0 Å². The minimum Gasteiger partial charge on any atom is -0.477 e. The van der Waals surface area contributed by atoms with E-state index in [1.54, 1.807) is 0 Å². The number of aliphatic hydroxyl groups is 1. The number of nitrogens with one attached hydrogen (secondary N) is 6. The zero-order chi connectivity index (χ0) is 52.1. The van der Waals surface area contributed by atoms with E-state index >= 15 is 0 Å². The summed E-state index contributed by atoms with van der Waals surface area (Å²) in [6.45, 7) is 0.979. The lowest BCUT2D eigenvalue weighted by atomic mass is 10.1. The van der Waals surface area contributed by atoms with E-state index in [-0.39, 0.29) is 82.8 Å². The van der Waals surface area contributed by atoms with Gasteiger partial charge in [-0.2, -0.15) is 0 Å². The molecule has 22 N–H and O–H groups in total. The molecule has 0 aromatic rings. The van der Waals surface area contributed by atoms with Crippen LogP contribution in [0.4, 0.5) is 0 Å². The van der Waals surface area contributed by atoms with Crippen LogP contribution in [0.5, 0.6) is 0 Å². The van der Waals surface area contributed by atoms with Crippen LogP contribution < -0.4 is 72.0 Å². The molecule has 8 amide bonds. The predicted molar refractivity (Wildman–Crippen MR) is 253 cm³/mol. The molecule has 1 aliphatic heterocycles. The summed E-state index contributed by atoms with van der Waals surface area (Å²) in [5.74, 6) is -6.23. The molecule has 1 fully saturated rings. The highest BCUT2D eigenvalue weighted by molar-refractivity contribution is 6.40. The Bertz CT molecular complexity index is 1900. The van der Waals surface area contributed by atoms with Crippen molar-refractivity contribution >= 4 is 64.9 Å². The number of terminal acetylenes is 1. The summed E-state index contributed by atoms with van der Waals surface area (Å²) in [7, 11) is 0. The number of rotatable bonds is 32. The summed E-state index contributed by atoms with van der Waals surface area (Å²) in [5.41, 5.74) is 38.1. The van der Waals surface area contributed by atoms with E-state index in [4.69, 9.17) is 46.6 Å². The molecule has 0 spiro atoms. The van der Waals surface area contributed by atoms with Gasteiger partial charge in [-0.25, -0.2) is 9.79 Å². The van der Waals surface area contributed by atoms with Gasteiger partial charge in [0, 0.05) is 26.1 Å². The van der Waals surface area contributed by atoms with Gasteiger partial charge in [-0.1, -0.05) is 12.5 Å². The van der Waals surface area contributed by atoms with Crippen LogP contribution in [-0.4, -0.2) is 168 Å². The third-order valence-electron chi connectivity index (χ3n) is 10.4. The maximum Gasteiger partial charge on any atom is 0.352 e. The van der Waals surface area contributed by atoms with Crippen LogP contribution in [0.2, 0.25) is 0 Å². The maximum absolute atomic E-state index is 13.9. The number of hydrogen-bond acceptors (Lipinski definition) is 16. The highest BCUT2D eigenvalue weighted by Gasteiger charge is 2.38. The zero-order valence-corrected chi connectivity index (χ0v) is 39.1. The van der Waals surface area contributed by atoms with E-state index in [0.717, 1.165) is 0 Å². The molecule has 7 atom stereocenters. The molecule has 0 aromatic carbocycles. The number of nitrogens with two attached hydrogens (primary N) is 7. The molecule has 0 saturated carbocycles. The Hall–Kier alpha value is -6.57. The van der Waals surface area contributed by atoms with Gasteiger partial charge in [-0.05, 0) is 90.8 Å². The fourth-order valence-electron chi connectivity index (χ4n) is 6.62. The minimum absolute atomic E-state index is 0.0362. The Morgan fingerprint density at radius 1 is 0.826 bits per heavy atom. The summed E-state index contributed by atoms with van der Waals surface area (Å²) >= 11 is 0. The highest BCUT2D eigenvalue weighted by atomic mass is 16.4. The number of aliphatic imine (C=N–C) groups is 2. The number of hydrogen-bond donors (Lipinski definition) is 15. The van der Waals surface area contributed by atoms with Gasteiger partial charge in [-0.3, -0.25) is 43.3 Å². The fourth-order valence-corrected chi connectivity index (χ4v) is 6.62. The standard InChI is InChI=1S/C42H72N16O11/c1-3-11-26(36(63)54-27(13-5-7-18-44)37(64)56-29(41(68)69)15-9-20-50-42(48)49)55-38(65)30-16-10-21-58(30)40(67)28(14-8-19-45)53-32(60)23-51-34(61)24(2)52-39(66)33(31(59)22-46)57-35(62)25(47)12-4-6-17-43/h1,15,24-27,30-31,33,59H,4-14,16-23,43-47H2,2H3,(H,51,61)(H,52,66)(H,54,63)(H,55,65)(H,56,64)(H,57,62)(H,68,69)(H4,48,49,50)/b29-15-,53-28?/t24-,25-,26-,27-,30-,31-,33-/m0/s1. The van der Waals surface area contributed by atoms with E-state index in [1.165, 1.54) is 17.9 Å². The third kappa shape index (κ3) is 22.4. The van der Waals surface area contributed by atoms with Crippen molar-refractivity contribution in [3.8, 4) is 12.3 Å². The van der Waals surface area contributed by atoms with Crippen molar-refractivity contribution in [2.75, 3.05) is 45.8 Å². The zero-order valence-electron chi connectivity index (χ0n) is 39.1. The predicted octanol–water partition coefficient (Wildman–Crippen LogP) is -6.56. The van der Waals surface area contributed by atoms with E-state index in [2.05, 4.69) is 47.8 Å². The number of guanidine groups is 1. The Balaban J connectivity index is 3.14. The summed E-state index contributed by atoms with van der Waals surface area (Å²) < 4.78 is 0. The van der Waals surface area contributed by atoms with Gasteiger partial charge in [0.2, 0.25) is 35.4 Å². The molecule has 0 radical (unpaired) electrons. The second-order valence-electron chi connectivity index (χ2n) is 16.0. The summed E-state index contributed by atoms with van der Waals surface area (Å²) in [4.78, 5) is 127. The van der Waals surface area contributed by atoms with Gasteiger partial charge < -0.3 is 87.1 Å². The van der Waals surface area contributed by atoms with Gasteiger partial charge in [0.1, 0.15) is 41.6 Å². The maximum atomic E-state index is 13.9. The van der Waals surface area contributed by atoms with Gasteiger partial charge >= 0.3 is 5.97 Å². The van der Waals surface area contributed by atoms with Crippen LogP contribution >= 0.6 is 0 Å². The summed E-state index contributed by atoms with van der Waals surface area (Å²) in [6.07, 6.45) is 7.79. The molecule has 27 nitrogen and oxygen atoms in total. The number of nitrogens with zero attached hydrogens (tertiary/aromatic N) is 3. The molecule has 1 rings (SSSR count). The molecule has 0 aromatic heterocycles. The number of amides is 8. The molecule has 1 aliphatic rings. The molecule has 0 bridgehead atoms. The van der Waals surface area contributed by atoms with Crippen molar-refractivity contribution in [1.29, 1.82) is 0 Å². The second-order valence-corrected chi connectivity index (χ2v) is 16.0. The number of carbonyl (C=O) groups is 9. The largest absolute Gasteiger partial charge is 0.477 e. The van der Waals surface area contributed by atoms with Crippen LogP contribution in [0.15, 0.2) is 21.8 Å². The Morgan fingerprint density at radius 3 is 2.07 bits per heavy atom. The average Bonchev–Trinajstić information content (AvgIpc) is 3.81. The summed E-state index contributed by atoms with van der Waals surface area (Å²) in [6, 6.07) is -7.74. The van der Waals surface area contributed by atoms with Gasteiger partial charge in [0.05, 0.1) is 18.7 Å². The molecular formula is C42H72N16O11. The minimum atomic E-state index is -1.57. The topological polar surface area (TPSA) is 476 Å². The first-order valence-corrected chi connectivity index (χ1v) is 22.6. The molecular weight excluding hydrogens is 905 g/mol. The number of unbranched alkanes of at least 4 members (excludes halogenated alkanes) is 2. The summed E-state index contributed by atoms with van der Waals surface area (Å²) in [5, 5.41) is 34.4. The van der Waals surface area contributed by atoms with Crippen molar-refractivity contribution in [3.63, 3.8) is 0 Å². The van der Waals surface area contributed by atoms with Crippen molar-refractivity contribution < 1.29 is 53.4 Å². The number of aliphatic carboxylic acids is 1. The smallest absolute Gasteiger partial charge is 0.352 e. The number of likely N-dealkylation sites (tertiary alicyclic amines) is 1. The monoisotopic (exact) mass is 977 g/mol. The number of aliphatic hydroxyl groups excluding tert-OH is 1. The van der Waals surface area contributed by atoms with E-state index in [0.29, 0.717) is 38.6 Å². The Labute approximate surface area is 400 Å². The number of carboxylic acids is 1. The van der Waals surface area contributed by atoms with Crippen molar-refractivity contribution in [3.05, 3.63) is 11.8 Å². The van der Waals surface area contributed by atoms with E-state index in [1.807, 2.05) is 0 Å². The molecule has 1 saturated heterocycles. The van der Waals surface area contributed by atoms with Gasteiger partial charge in [-0.15, -0.1) is 12.3 Å². The van der Waals surface area contributed by atoms with Crippen LogP contribution in [0.3, 0.4) is 0 Å². The lowest BCUT2D eigenvalue weighted by molar-refractivity contribution is -0.137. The fraction of sp³-hybridized carbons (Fsp3) is 0.643. The van der Waals surface area contributed by atoms with Gasteiger partial charge in [0.25, 0.3) is 11.8 Å². The van der Waals surface area contributed by atoms with Crippen LogP contribution in [-0.2, 0) is 43.2 Å². The van der Waals surface area contributed by atoms with Crippen molar-refractivity contribution in [2.45, 2.75) is 126 Å². The van der Waals surface area contributed by atoms with E-state index in [9.17, 15) is 53.4 Å².